The molecule has 0 saturated heterocycles. The molecule has 0 unspecified atom stereocenters. The third-order valence-electron chi connectivity index (χ3n) is 4.62. The summed E-state index contributed by atoms with van der Waals surface area (Å²) in [5.74, 6) is 0.794. The van der Waals surface area contributed by atoms with Crippen LogP contribution in [0.1, 0.15) is 12.8 Å². The molecule has 1 amide bonds. The number of hydrogen-bond donors (Lipinski definition) is 1. The van der Waals surface area contributed by atoms with Crippen molar-refractivity contribution in [1.82, 2.24) is 4.98 Å². The molecule has 0 aliphatic heterocycles. The number of nitrogens with one attached hydrogen (secondary N) is 1. The van der Waals surface area contributed by atoms with E-state index in [1.807, 2.05) is 84.2 Å². The highest BCUT2D eigenvalue weighted by Gasteiger charge is 2.08. The maximum absolute atomic E-state index is 12.2. The van der Waals surface area contributed by atoms with Crippen molar-refractivity contribution in [3.05, 3.63) is 89.3 Å². The van der Waals surface area contributed by atoms with Crippen LogP contribution in [0.25, 0.3) is 21.8 Å². The maximum Gasteiger partial charge on any atom is 0.224 e. The van der Waals surface area contributed by atoms with Crippen molar-refractivity contribution in [3.63, 3.8) is 0 Å². The molecule has 0 fully saturated rings. The standard InChI is InChI=1S/C25H21ClN2O2S/c26-20-12-8-19(9-13-20)25-28-23(17-31-25)18-10-14-21(15-11-18)27-24(29)7-4-16-30-22-5-2-1-3-6-22/h1-3,5-6,8-15,17H,4,7,16H2,(H,27,29). The summed E-state index contributed by atoms with van der Waals surface area (Å²) < 4.78 is 5.62. The minimum atomic E-state index is -0.0249. The smallest absolute Gasteiger partial charge is 0.224 e. The Balaban J connectivity index is 1.28. The van der Waals surface area contributed by atoms with Gasteiger partial charge in [-0.3, -0.25) is 4.79 Å². The molecule has 1 heterocycles. The molecule has 4 aromatic rings. The number of carbonyl (C=O) groups excluding carboxylic acids is 1. The zero-order chi connectivity index (χ0) is 21.5. The summed E-state index contributed by atoms with van der Waals surface area (Å²) in [6, 6.07) is 25.0. The third kappa shape index (κ3) is 5.94. The summed E-state index contributed by atoms with van der Waals surface area (Å²) in [4.78, 5) is 16.9. The van der Waals surface area contributed by atoms with Crippen LogP contribution >= 0.6 is 22.9 Å². The Labute approximate surface area is 190 Å². The number of hydrogen-bond acceptors (Lipinski definition) is 4. The van der Waals surface area contributed by atoms with E-state index in [1.54, 1.807) is 11.3 Å². The van der Waals surface area contributed by atoms with Crippen LogP contribution < -0.4 is 10.1 Å². The van der Waals surface area contributed by atoms with Crippen LogP contribution in [0.5, 0.6) is 5.75 Å². The van der Waals surface area contributed by atoms with Crippen molar-refractivity contribution in [2.45, 2.75) is 12.8 Å². The molecule has 4 rings (SSSR count). The van der Waals surface area contributed by atoms with Crippen molar-refractivity contribution in [2.75, 3.05) is 11.9 Å². The van der Waals surface area contributed by atoms with E-state index in [-0.39, 0.29) is 5.91 Å². The molecule has 0 spiro atoms. The van der Waals surface area contributed by atoms with Gasteiger partial charge in [0.2, 0.25) is 5.91 Å². The first kappa shape index (κ1) is 21.1. The van der Waals surface area contributed by atoms with Gasteiger partial charge in [-0.1, -0.05) is 54.1 Å². The molecule has 6 heteroatoms. The van der Waals surface area contributed by atoms with Crippen LogP contribution in [0.4, 0.5) is 5.69 Å². The Morgan fingerprint density at radius 2 is 1.65 bits per heavy atom. The topological polar surface area (TPSA) is 51.2 Å². The normalized spacial score (nSPS) is 10.6. The van der Waals surface area contributed by atoms with Gasteiger partial charge >= 0.3 is 0 Å². The molecular formula is C25H21ClN2O2S. The van der Waals surface area contributed by atoms with Crippen molar-refractivity contribution < 1.29 is 9.53 Å². The monoisotopic (exact) mass is 448 g/mol. The minimum Gasteiger partial charge on any atom is -0.494 e. The Morgan fingerprint density at radius 3 is 2.39 bits per heavy atom. The van der Waals surface area contributed by atoms with Crippen LogP contribution in [0.3, 0.4) is 0 Å². The highest BCUT2D eigenvalue weighted by Crippen LogP contribution is 2.30. The molecule has 3 aromatic carbocycles. The Hall–Kier alpha value is -3.15. The third-order valence-corrected chi connectivity index (χ3v) is 5.76. The first-order chi connectivity index (χ1) is 15.2. The van der Waals surface area contributed by atoms with E-state index in [0.717, 1.165) is 33.3 Å². The number of nitrogens with zero attached hydrogens (tertiary/aromatic N) is 1. The van der Waals surface area contributed by atoms with E-state index >= 15 is 0 Å². The predicted molar refractivity (Wildman–Crippen MR) is 128 cm³/mol. The Morgan fingerprint density at radius 1 is 0.935 bits per heavy atom. The molecule has 1 N–H and O–H groups in total. The van der Waals surface area contributed by atoms with Gasteiger partial charge in [0.25, 0.3) is 0 Å². The maximum atomic E-state index is 12.2. The lowest BCUT2D eigenvalue weighted by Gasteiger charge is -2.07. The van der Waals surface area contributed by atoms with Crippen molar-refractivity contribution in [1.29, 1.82) is 0 Å². The zero-order valence-electron chi connectivity index (χ0n) is 16.8. The van der Waals surface area contributed by atoms with Gasteiger partial charge in [-0.15, -0.1) is 11.3 Å². The average Bonchev–Trinajstić information content (AvgIpc) is 3.29. The molecular weight excluding hydrogens is 428 g/mol. The number of rotatable bonds is 8. The fourth-order valence-corrected chi connectivity index (χ4v) is 3.98. The van der Waals surface area contributed by atoms with Crippen LogP contribution in [0.2, 0.25) is 5.02 Å². The number of thiazole rings is 1. The van der Waals surface area contributed by atoms with E-state index in [9.17, 15) is 4.79 Å². The first-order valence-electron chi connectivity index (χ1n) is 9.97. The highest BCUT2D eigenvalue weighted by atomic mass is 35.5. The van der Waals surface area contributed by atoms with Crippen LogP contribution in [0.15, 0.2) is 84.2 Å². The van der Waals surface area contributed by atoms with Gasteiger partial charge in [0.1, 0.15) is 10.8 Å². The van der Waals surface area contributed by atoms with E-state index in [2.05, 4.69) is 5.32 Å². The fraction of sp³-hybridized carbons (Fsp3) is 0.120. The summed E-state index contributed by atoms with van der Waals surface area (Å²) in [5, 5.41) is 6.62. The second-order valence-corrected chi connectivity index (χ2v) is 8.23. The van der Waals surface area contributed by atoms with E-state index in [4.69, 9.17) is 21.3 Å². The molecule has 31 heavy (non-hydrogen) atoms. The number of anilines is 1. The first-order valence-corrected chi connectivity index (χ1v) is 11.2. The van der Waals surface area contributed by atoms with Gasteiger partial charge in [0.15, 0.2) is 0 Å². The van der Waals surface area contributed by atoms with E-state index in [0.29, 0.717) is 24.5 Å². The van der Waals surface area contributed by atoms with Crippen LogP contribution in [-0.4, -0.2) is 17.5 Å². The summed E-state index contributed by atoms with van der Waals surface area (Å²) in [7, 11) is 0. The SMILES string of the molecule is O=C(CCCOc1ccccc1)Nc1ccc(-c2csc(-c3ccc(Cl)cc3)n2)cc1. The predicted octanol–water partition coefficient (Wildman–Crippen LogP) is 6.93. The van der Waals surface area contributed by atoms with Crippen LogP contribution in [-0.2, 0) is 4.79 Å². The second-order valence-electron chi connectivity index (χ2n) is 6.94. The van der Waals surface area contributed by atoms with Gasteiger partial charge in [-0.05, 0) is 42.8 Å². The molecule has 0 radical (unpaired) electrons. The molecule has 0 saturated carbocycles. The lowest BCUT2D eigenvalue weighted by atomic mass is 10.1. The van der Waals surface area contributed by atoms with Crippen molar-refractivity contribution >= 4 is 34.5 Å². The molecule has 0 atom stereocenters. The summed E-state index contributed by atoms with van der Waals surface area (Å²) in [6.07, 6.45) is 1.07. The number of benzene rings is 3. The summed E-state index contributed by atoms with van der Waals surface area (Å²) >= 11 is 7.55. The van der Waals surface area contributed by atoms with Gasteiger partial charge in [-0.25, -0.2) is 4.98 Å². The van der Waals surface area contributed by atoms with Crippen molar-refractivity contribution in [2.24, 2.45) is 0 Å². The lowest BCUT2D eigenvalue weighted by Crippen LogP contribution is -2.12. The van der Waals surface area contributed by atoms with Crippen molar-refractivity contribution in [3.8, 4) is 27.6 Å². The number of para-hydroxylation sites is 1. The Bertz CT molecular complexity index is 1130. The molecule has 156 valence electrons. The zero-order valence-corrected chi connectivity index (χ0v) is 18.3. The summed E-state index contributed by atoms with van der Waals surface area (Å²) in [6.45, 7) is 0.510. The van der Waals surface area contributed by atoms with E-state index < -0.39 is 0 Å². The van der Waals surface area contributed by atoms with Crippen LogP contribution in [0, 0.1) is 0 Å². The number of halogens is 1. The second kappa shape index (κ2) is 10.2. The van der Waals surface area contributed by atoms with Gasteiger partial charge in [-0.2, -0.15) is 0 Å². The lowest BCUT2D eigenvalue weighted by molar-refractivity contribution is -0.116. The molecule has 4 nitrogen and oxygen atoms in total. The molecule has 1 aromatic heterocycles. The molecule has 0 bridgehead atoms. The van der Waals surface area contributed by atoms with Gasteiger partial charge < -0.3 is 10.1 Å². The quantitative estimate of drug-likeness (QED) is 0.297. The number of aromatic nitrogens is 1. The number of carbonyl (C=O) groups is 1. The molecule has 0 aliphatic rings. The number of ether oxygens (including phenoxy) is 1. The van der Waals surface area contributed by atoms with Gasteiger partial charge in [0, 0.05) is 33.6 Å². The average molecular weight is 449 g/mol. The van der Waals surface area contributed by atoms with Gasteiger partial charge in [0.05, 0.1) is 12.3 Å². The highest BCUT2D eigenvalue weighted by molar-refractivity contribution is 7.13. The molecule has 0 aliphatic carbocycles. The fourth-order valence-electron chi connectivity index (χ4n) is 3.02. The largest absolute Gasteiger partial charge is 0.494 e. The number of amides is 1. The van der Waals surface area contributed by atoms with E-state index in [1.165, 1.54) is 0 Å². The summed E-state index contributed by atoms with van der Waals surface area (Å²) in [5.41, 5.74) is 3.73. The Kier molecular flexibility index (Phi) is 6.97. The minimum absolute atomic E-state index is 0.0249.